The molecule has 5 heteroatoms. The van der Waals surface area contributed by atoms with E-state index in [2.05, 4.69) is 9.97 Å². The number of phenols is 1. The number of rotatable bonds is 2. The molecule has 16 heavy (non-hydrogen) atoms. The lowest BCUT2D eigenvalue weighted by Gasteiger charge is -2.04. The summed E-state index contributed by atoms with van der Waals surface area (Å²) in [4.78, 5) is 18.7. The van der Waals surface area contributed by atoms with Crippen LogP contribution in [0.25, 0.3) is 10.9 Å². The van der Waals surface area contributed by atoms with E-state index in [0.717, 1.165) is 5.39 Å². The van der Waals surface area contributed by atoms with Crippen molar-refractivity contribution in [3.05, 3.63) is 29.7 Å². The molecular weight excluding hydrogens is 208 g/mol. The van der Waals surface area contributed by atoms with E-state index in [1.165, 1.54) is 6.07 Å². The molecule has 0 aliphatic rings. The lowest BCUT2D eigenvalue weighted by atomic mass is 10.2. The Labute approximate surface area is 91.4 Å². The average molecular weight is 218 g/mol. The van der Waals surface area contributed by atoms with Gasteiger partial charge in [0.2, 0.25) is 0 Å². The summed E-state index contributed by atoms with van der Waals surface area (Å²) >= 11 is 0. The minimum Gasteiger partial charge on any atom is -0.508 e. The Morgan fingerprint density at radius 2 is 2.12 bits per heavy atom. The molecule has 0 amide bonds. The molecule has 0 radical (unpaired) electrons. The molecule has 0 aliphatic carbocycles. The summed E-state index contributed by atoms with van der Waals surface area (Å²) in [6, 6.07) is 4.72. The number of fused-ring (bicyclic) bond motifs is 1. The summed E-state index contributed by atoms with van der Waals surface area (Å²) in [5.74, 6) is -0.536. The number of aromatic nitrogens is 2. The van der Waals surface area contributed by atoms with Crippen LogP contribution in [0.1, 0.15) is 11.5 Å². The van der Waals surface area contributed by atoms with Crippen LogP contribution in [0.15, 0.2) is 18.2 Å². The number of carboxylic acids is 1. The fourth-order valence-electron chi connectivity index (χ4n) is 1.54. The van der Waals surface area contributed by atoms with E-state index in [0.29, 0.717) is 11.2 Å². The largest absolute Gasteiger partial charge is 0.508 e. The normalized spacial score (nSPS) is 10.6. The molecule has 2 aromatic rings. The van der Waals surface area contributed by atoms with Crippen LogP contribution in [-0.2, 0) is 11.2 Å². The minimum atomic E-state index is -0.961. The Kier molecular flexibility index (Phi) is 2.44. The zero-order chi connectivity index (χ0) is 11.7. The van der Waals surface area contributed by atoms with Gasteiger partial charge in [0.15, 0.2) is 0 Å². The number of nitrogens with zero attached hydrogens (tertiary/aromatic N) is 2. The third-order valence-corrected chi connectivity index (χ3v) is 2.23. The highest BCUT2D eigenvalue weighted by Crippen LogP contribution is 2.20. The topological polar surface area (TPSA) is 83.3 Å². The lowest BCUT2D eigenvalue weighted by molar-refractivity contribution is -0.136. The summed E-state index contributed by atoms with van der Waals surface area (Å²) in [5, 5.41) is 18.7. The summed E-state index contributed by atoms with van der Waals surface area (Å²) in [6.45, 7) is 1.76. The molecule has 0 saturated carbocycles. The standard InChI is InChI=1S/C11H10N2O3/c1-6-8-4-7(14)2-3-9(8)13-10(12-6)5-11(15)16/h2-4,14H,5H2,1H3,(H,15,16). The van der Waals surface area contributed by atoms with Crippen LogP contribution in [0.4, 0.5) is 0 Å². The van der Waals surface area contributed by atoms with Crippen LogP contribution in [0.5, 0.6) is 5.75 Å². The number of carbonyl (C=O) groups is 1. The summed E-state index contributed by atoms with van der Waals surface area (Å²) < 4.78 is 0. The van der Waals surface area contributed by atoms with Crippen LogP contribution in [0, 0.1) is 6.92 Å². The Morgan fingerprint density at radius 3 is 2.81 bits per heavy atom. The molecule has 0 spiro atoms. The quantitative estimate of drug-likeness (QED) is 0.793. The first-order chi connectivity index (χ1) is 7.56. The van der Waals surface area contributed by atoms with Gasteiger partial charge in [0.1, 0.15) is 18.0 Å². The van der Waals surface area contributed by atoms with Crippen molar-refractivity contribution in [2.75, 3.05) is 0 Å². The highest BCUT2D eigenvalue weighted by atomic mass is 16.4. The first-order valence-corrected chi connectivity index (χ1v) is 4.74. The second kappa shape index (κ2) is 3.77. The Bertz CT molecular complexity index is 566. The predicted octanol–water partition coefficient (Wildman–Crippen LogP) is 1.27. The van der Waals surface area contributed by atoms with Gasteiger partial charge < -0.3 is 10.2 Å². The van der Waals surface area contributed by atoms with Crippen molar-refractivity contribution in [3.8, 4) is 5.75 Å². The van der Waals surface area contributed by atoms with E-state index in [-0.39, 0.29) is 18.0 Å². The SMILES string of the molecule is Cc1nc(CC(=O)O)nc2ccc(O)cc12. The number of aromatic hydroxyl groups is 1. The molecule has 0 bridgehead atoms. The van der Waals surface area contributed by atoms with Crippen molar-refractivity contribution in [1.82, 2.24) is 9.97 Å². The number of benzene rings is 1. The van der Waals surface area contributed by atoms with Crippen LogP contribution in [0.3, 0.4) is 0 Å². The van der Waals surface area contributed by atoms with Gasteiger partial charge in [-0.2, -0.15) is 0 Å². The first-order valence-electron chi connectivity index (χ1n) is 4.74. The van der Waals surface area contributed by atoms with Gasteiger partial charge in [0.05, 0.1) is 5.52 Å². The third-order valence-electron chi connectivity index (χ3n) is 2.23. The highest BCUT2D eigenvalue weighted by Gasteiger charge is 2.08. The Balaban J connectivity index is 2.59. The molecule has 0 atom stereocenters. The summed E-state index contributed by atoms with van der Waals surface area (Å²) in [7, 11) is 0. The van der Waals surface area contributed by atoms with Crippen LogP contribution in [-0.4, -0.2) is 26.2 Å². The van der Waals surface area contributed by atoms with Crippen molar-refractivity contribution < 1.29 is 15.0 Å². The van der Waals surface area contributed by atoms with Gasteiger partial charge in [-0.15, -0.1) is 0 Å². The maximum absolute atomic E-state index is 10.6. The molecule has 1 heterocycles. The molecule has 2 rings (SSSR count). The number of hydrogen-bond acceptors (Lipinski definition) is 4. The van der Waals surface area contributed by atoms with Crippen LogP contribution >= 0.6 is 0 Å². The molecule has 0 unspecified atom stereocenters. The summed E-state index contributed by atoms with van der Waals surface area (Å²) in [5.41, 5.74) is 1.30. The number of carboxylic acid groups (broad SMARTS) is 1. The minimum absolute atomic E-state index is 0.144. The molecule has 0 aliphatic heterocycles. The van der Waals surface area contributed by atoms with Crippen LogP contribution < -0.4 is 0 Å². The molecule has 5 nitrogen and oxygen atoms in total. The fraction of sp³-hybridized carbons (Fsp3) is 0.182. The van der Waals surface area contributed by atoms with E-state index in [1.54, 1.807) is 19.1 Å². The van der Waals surface area contributed by atoms with Crippen molar-refractivity contribution >= 4 is 16.9 Å². The monoisotopic (exact) mass is 218 g/mol. The van der Waals surface area contributed by atoms with E-state index < -0.39 is 5.97 Å². The summed E-state index contributed by atoms with van der Waals surface area (Å²) in [6.07, 6.45) is -0.197. The predicted molar refractivity (Wildman–Crippen MR) is 57.3 cm³/mol. The fourth-order valence-corrected chi connectivity index (χ4v) is 1.54. The molecule has 0 fully saturated rings. The number of aryl methyl sites for hydroxylation is 1. The van der Waals surface area contributed by atoms with Gasteiger partial charge in [-0.3, -0.25) is 4.79 Å². The molecule has 0 saturated heterocycles. The lowest BCUT2D eigenvalue weighted by Crippen LogP contribution is -2.06. The maximum atomic E-state index is 10.6. The van der Waals surface area contributed by atoms with Gasteiger partial charge in [-0.25, -0.2) is 9.97 Å². The van der Waals surface area contributed by atoms with E-state index in [1.807, 2.05) is 0 Å². The van der Waals surface area contributed by atoms with Crippen molar-refractivity contribution in [2.24, 2.45) is 0 Å². The zero-order valence-electron chi connectivity index (χ0n) is 8.64. The first kappa shape index (κ1) is 10.4. The maximum Gasteiger partial charge on any atom is 0.311 e. The van der Waals surface area contributed by atoms with E-state index in [4.69, 9.17) is 5.11 Å². The van der Waals surface area contributed by atoms with E-state index in [9.17, 15) is 9.90 Å². The number of hydrogen-bond donors (Lipinski definition) is 2. The van der Waals surface area contributed by atoms with Gasteiger partial charge in [0, 0.05) is 11.1 Å². The second-order valence-corrected chi connectivity index (χ2v) is 3.50. The Hall–Kier alpha value is -2.17. The van der Waals surface area contributed by atoms with Crippen molar-refractivity contribution in [1.29, 1.82) is 0 Å². The molecular formula is C11H10N2O3. The van der Waals surface area contributed by atoms with Crippen LogP contribution in [0.2, 0.25) is 0 Å². The Morgan fingerprint density at radius 1 is 1.38 bits per heavy atom. The number of aliphatic carboxylic acids is 1. The molecule has 2 N–H and O–H groups in total. The van der Waals surface area contributed by atoms with Gasteiger partial charge in [-0.1, -0.05) is 0 Å². The van der Waals surface area contributed by atoms with Crippen molar-refractivity contribution in [2.45, 2.75) is 13.3 Å². The molecule has 1 aromatic carbocycles. The molecule has 1 aromatic heterocycles. The van der Waals surface area contributed by atoms with Gasteiger partial charge in [-0.05, 0) is 25.1 Å². The zero-order valence-corrected chi connectivity index (χ0v) is 8.64. The van der Waals surface area contributed by atoms with E-state index >= 15 is 0 Å². The smallest absolute Gasteiger partial charge is 0.311 e. The average Bonchev–Trinajstić information content (AvgIpc) is 2.18. The van der Waals surface area contributed by atoms with Gasteiger partial charge >= 0.3 is 5.97 Å². The van der Waals surface area contributed by atoms with Gasteiger partial charge in [0.25, 0.3) is 0 Å². The highest BCUT2D eigenvalue weighted by molar-refractivity contribution is 5.82. The third kappa shape index (κ3) is 1.93. The molecule has 82 valence electrons. The van der Waals surface area contributed by atoms with Crippen molar-refractivity contribution in [3.63, 3.8) is 0 Å². The second-order valence-electron chi connectivity index (χ2n) is 3.50. The number of phenolic OH excluding ortho intramolecular Hbond substituents is 1.